The molecule has 1 atom stereocenters. The van der Waals surface area contributed by atoms with Gasteiger partial charge in [0.2, 0.25) is 0 Å². The molecule has 10 heteroatoms. The van der Waals surface area contributed by atoms with Crippen LogP contribution in [0.1, 0.15) is 35.2 Å². The van der Waals surface area contributed by atoms with Gasteiger partial charge in [0.1, 0.15) is 29.1 Å². The van der Waals surface area contributed by atoms with Gasteiger partial charge in [-0.2, -0.15) is 5.26 Å². The molecule has 2 N–H and O–H groups in total. The quantitative estimate of drug-likeness (QED) is 0.712. The zero-order valence-corrected chi connectivity index (χ0v) is 16.6. The van der Waals surface area contributed by atoms with E-state index in [1.807, 2.05) is 4.90 Å². The average molecular weight is 431 g/mol. The van der Waals surface area contributed by atoms with Crippen LogP contribution in [0.15, 0.2) is 35.2 Å². The van der Waals surface area contributed by atoms with Crippen LogP contribution in [0.5, 0.6) is 5.75 Å². The third kappa shape index (κ3) is 3.52. The molecule has 1 fully saturated rings. The summed E-state index contributed by atoms with van der Waals surface area (Å²) >= 11 is 0. The van der Waals surface area contributed by atoms with E-state index < -0.39 is 21.8 Å². The number of nitrogens with zero attached hydrogens (tertiary/aromatic N) is 2. The summed E-state index contributed by atoms with van der Waals surface area (Å²) in [5.74, 6) is -1.99. The van der Waals surface area contributed by atoms with E-state index in [1.165, 1.54) is 12.1 Å². The Bertz CT molecular complexity index is 1180. The van der Waals surface area contributed by atoms with Crippen LogP contribution >= 0.6 is 0 Å². The van der Waals surface area contributed by atoms with Gasteiger partial charge in [-0.15, -0.1) is 0 Å². The third-order valence-electron chi connectivity index (χ3n) is 5.30. The number of nitrogens with one attached hydrogen (secondary N) is 1. The highest BCUT2D eigenvalue weighted by atomic mass is 32.2. The molecule has 1 unspecified atom stereocenters. The van der Waals surface area contributed by atoms with Gasteiger partial charge in [-0.1, -0.05) is 0 Å². The molecule has 156 valence electrons. The monoisotopic (exact) mass is 431 g/mol. The molecule has 0 saturated carbocycles. The van der Waals surface area contributed by atoms with E-state index in [0.717, 1.165) is 37.5 Å². The van der Waals surface area contributed by atoms with Crippen LogP contribution in [-0.4, -0.2) is 38.7 Å². The number of hydrogen-bond donors (Lipinski definition) is 2. The maximum Gasteiger partial charge on any atom is 0.335 e. The van der Waals surface area contributed by atoms with Crippen LogP contribution < -0.4 is 14.4 Å². The van der Waals surface area contributed by atoms with Gasteiger partial charge in [-0.25, -0.2) is 17.6 Å². The minimum absolute atomic E-state index is 0.0316. The van der Waals surface area contributed by atoms with Crippen molar-refractivity contribution in [1.82, 2.24) is 0 Å². The first-order valence-electron chi connectivity index (χ1n) is 9.33. The Hall–Kier alpha value is -3.32. The first-order valence-corrected chi connectivity index (χ1v) is 10.8. The number of carbonyl (C=O) groups is 1. The number of benzene rings is 2. The molecule has 2 heterocycles. The largest absolute Gasteiger partial charge is 0.490 e. The topological polar surface area (TPSA) is 120 Å². The molecule has 30 heavy (non-hydrogen) atoms. The molecule has 0 bridgehead atoms. The van der Waals surface area contributed by atoms with Crippen molar-refractivity contribution in [3.63, 3.8) is 0 Å². The van der Waals surface area contributed by atoms with Gasteiger partial charge >= 0.3 is 5.97 Å². The lowest BCUT2D eigenvalue weighted by atomic mass is 10.0. The lowest BCUT2D eigenvalue weighted by molar-refractivity contribution is 0.0696. The minimum Gasteiger partial charge on any atom is -0.490 e. The molecular weight excluding hydrogens is 413 g/mol. The van der Waals surface area contributed by atoms with Gasteiger partial charge in [0, 0.05) is 12.6 Å². The van der Waals surface area contributed by atoms with E-state index in [2.05, 4.69) is 4.72 Å². The van der Waals surface area contributed by atoms with E-state index in [-0.39, 0.29) is 40.1 Å². The Morgan fingerprint density at radius 2 is 2.10 bits per heavy atom. The zero-order valence-electron chi connectivity index (χ0n) is 15.8. The molecule has 2 aromatic carbocycles. The van der Waals surface area contributed by atoms with Gasteiger partial charge in [0.25, 0.3) is 10.0 Å². The van der Waals surface area contributed by atoms with Crippen molar-refractivity contribution in [1.29, 1.82) is 5.26 Å². The Morgan fingerprint density at radius 3 is 2.83 bits per heavy atom. The van der Waals surface area contributed by atoms with Crippen molar-refractivity contribution >= 4 is 27.4 Å². The number of nitriles is 1. The number of ether oxygens (including phenoxy) is 1. The molecule has 0 amide bonds. The molecule has 4 rings (SSSR count). The van der Waals surface area contributed by atoms with Gasteiger partial charge in [-0.05, 0) is 43.5 Å². The van der Waals surface area contributed by atoms with Crippen molar-refractivity contribution in [3.8, 4) is 11.8 Å². The van der Waals surface area contributed by atoms with Crippen molar-refractivity contribution in [2.75, 3.05) is 22.8 Å². The summed E-state index contributed by atoms with van der Waals surface area (Å²) in [6, 6.07) is 7.52. The number of hydrogen-bond acceptors (Lipinski definition) is 6. The number of halogens is 1. The SMILES string of the molecule is N#Cc1cc2c(cc1F)N1CCCCC1COc1ccc(C(=O)O)cc1S(=O)(=O)N2. The molecule has 0 aliphatic carbocycles. The predicted molar refractivity (Wildman–Crippen MR) is 106 cm³/mol. The first-order chi connectivity index (χ1) is 14.3. The van der Waals surface area contributed by atoms with E-state index in [0.29, 0.717) is 12.2 Å². The van der Waals surface area contributed by atoms with Crippen LogP contribution in [0, 0.1) is 17.1 Å². The number of fused-ring (bicyclic) bond motifs is 4. The van der Waals surface area contributed by atoms with E-state index in [1.54, 1.807) is 6.07 Å². The molecule has 0 spiro atoms. The van der Waals surface area contributed by atoms with Crippen molar-refractivity contribution < 1.29 is 27.4 Å². The van der Waals surface area contributed by atoms with Gasteiger partial charge in [0.15, 0.2) is 0 Å². The second kappa shape index (κ2) is 7.50. The highest BCUT2D eigenvalue weighted by Crippen LogP contribution is 2.37. The van der Waals surface area contributed by atoms with Crippen LogP contribution in [-0.2, 0) is 10.0 Å². The predicted octanol–water partition coefficient (Wildman–Crippen LogP) is 2.95. The lowest BCUT2D eigenvalue weighted by Crippen LogP contribution is -2.44. The fourth-order valence-corrected chi connectivity index (χ4v) is 5.05. The van der Waals surface area contributed by atoms with Crippen LogP contribution in [0.25, 0.3) is 0 Å². The molecule has 0 radical (unpaired) electrons. The Morgan fingerprint density at radius 1 is 1.30 bits per heavy atom. The molecule has 8 nitrogen and oxygen atoms in total. The van der Waals surface area contributed by atoms with Crippen LogP contribution in [0.4, 0.5) is 15.8 Å². The number of sulfonamides is 1. The van der Waals surface area contributed by atoms with Gasteiger partial charge in [-0.3, -0.25) is 4.72 Å². The van der Waals surface area contributed by atoms with Crippen molar-refractivity contribution in [3.05, 3.63) is 47.3 Å². The third-order valence-corrected chi connectivity index (χ3v) is 6.68. The molecular formula is C20H18FN3O5S. The molecule has 0 aromatic heterocycles. The van der Waals surface area contributed by atoms with Crippen molar-refractivity contribution in [2.24, 2.45) is 0 Å². The Kier molecular flexibility index (Phi) is 4.99. The number of anilines is 2. The Labute approximate surface area is 172 Å². The number of aromatic carboxylic acids is 1. The second-order valence-electron chi connectivity index (χ2n) is 7.19. The van der Waals surface area contributed by atoms with Crippen LogP contribution in [0.2, 0.25) is 0 Å². The zero-order chi connectivity index (χ0) is 21.5. The summed E-state index contributed by atoms with van der Waals surface area (Å²) < 4.78 is 48.8. The standard InChI is InChI=1S/C20H18FN3O5S/c21-15-9-17-16(7-13(15)10-22)23-30(27,28)19-8-12(20(25)26)4-5-18(19)29-11-14-3-1-2-6-24(14)17/h4-5,7-9,14,23H,1-3,6,11H2,(H,25,26). The number of rotatable bonds is 1. The summed E-state index contributed by atoms with van der Waals surface area (Å²) in [5.41, 5.74) is -0.122. The number of carboxylic acids is 1. The van der Waals surface area contributed by atoms with E-state index in [9.17, 15) is 28.0 Å². The summed E-state index contributed by atoms with van der Waals surface area (Å²) in [5, 5.41) is 18.5. The maximum absolute atomic E-state index is 14.4. The van der Waals surface area contributed by atoms with E-state index >= 15 is 0 Å². The summed E-state index contributed by atoms with van der Waals surface area (Å²) in [6.45, 7) is 0.731. The van der Waals surface area contributed by atoms with Gasteiger partial charge < -0.3 is 14.7 Å². The fourth-order valence-electron chi connectivity index (χ4n) is 3.81. The van der Waals surface area contributed by atoms with Crippen LogP contribution in [0.3, 0.4) is 0 Å². The Balaban J connectivity index is 1.92. The fraction of sp³-hybridized carbons (Fsp3) is 0.300. The number of piperidine rings is 1. The molecule has 1 saturated heterocycles. The van der Waals surface area contributed by atoms with Crippen molar-refractivity contribution in [2.45, 2.75) is 30.2 Å². The molecule has 2 aromatic rings. The number of carboxylic acid groups (broad SMARTS) is 1. The minimum atomic E-state index is -4.28. The average Bonchev–Trinajstić information content (AvgIpc) is 2.72. The highest BCUT2D eigenvalue weighted by molar-refractivity contribution is 7.92. The summed E-state index contributed by atoms with van der Waals surface area (Å²) in [6.07, 6.45) is 2.55. The maximum atomic E-state index is 14.4. The summed E-state index contributed by atoms with van der Waals surface area (Å²) in [4.78, 5) is 12.9. The second-order valence-corrected chi connectivity index (χ2v) is 8.84. The lowest BCUT2D eigenvalue weighted by Gasteiger charge is -2.39. The first kappa shape index (κ1) is 20.0. The van der Waals surface area contributed by atoms with E-state index in [4.69, 9.17) is 4.74 Å². The molecule has 2 aliphatic heterocycles. The van der Waals surface area contributed by atoms with Gasteiger partial charge in [0.05, 0.1) is 28.5 Å². The highest BCUT2D eigenvalue weighted by Gasteiger charge is 2.31. The normalized spacial score (nSPS) is 19.7. The molecule has 2 aliphatic rings. The summed E-state index contributed by atoms with van der Waals surface area (Å²) in [7, 11) is -4.28. The smallest absolute Gasteiger partial charge is 0.335 e.